The minimum atomic E-state index is -0.0125. The minimum Gasteiger partial charge on any atom is -0.367 e. The molecule has 2 unspecified atom stereocenters. The van der Waals surface area contributed by atoms with E-state index in [0.717, 1.165) is 6.42 Å². The van der Waals surface area contributed by atoms with E-state index in [-0.39, 0.29) is 12.1 Å². The fourth-order valence-electron chi connectivity index (χ4n) is 1.88. The summed E-state index contributed by atoms with van der Waals surface area (Å²) in [6.07, 6.45) is 0.899. The fourth-order valence-corrected chi connectivity index (χ4v) is 2.56. The molecule has 1 heterocycles. The van der Waals surface area contributed by atoms with Crippen molar-refractivity contribution >= 4 is 11.3 Å². The number of thiophene rings is 1. The number of hydrogen-bond donors (Lipinski definition) is 1. The molecule has 2 rings (SSSR count). The van der Waals surface area contributed by atoms with Gasteiger partial charge < -0.3 is 10.5 Å². The lowest BCUT2D eigenvalue weighted by atomic mass is 10.0. The van der Waals surface area contributed by atoms with Gasteiger partial charge in [0, 0.05) is 6.04 Å². The number of benzene rings is 1. The second kappa shape index (κ2) is 6.69. The molecular weight excluding hydrogens is 242 g/mol. The first-order chi connectivity index (χ1) is 8.81. The molecule has 0 aliphatic carbocycles. The molecule has 2 aromatic rings. The summed E-state index contributed by atoms with van der Waals surface area (Å²) in [5.74, 6) is 0. The van der Waals surface area contributed by atoms with Gasteiger partial charge in [0.05, 0.1) is 12.7 Å². The maximum Gasteiger partial charge on any atom is 0.0988 e. The predicted molar refractivity (Wildman–Crippen MR) is 76.6 cm³/mol. The largest absolute Gasteiger partial charge is 0.367 e. The first-order valence-corrected chi connectivity index (χ1v) is 7.18. The third-order valence-electron chi connectivity index (χ3n) is 3.00. The summed E-state index contributed by atoms with van der Waals surface area (Å²) in [5, 5.41) is 4.18. The molecule has 0 saturated carbocycles. The van der Waals surface area contributed by atoms with E-state index in [2.05, 4.69) is 35.9 Å². The van der Waals surface area contributed by atoms with Gasteiger partial charge in [-0.15, -0.1) is 0 Å². The highest BCUT2D eigenvalue weighted by atomic mass is 32.1. The van der Waals surface area contributed by atoms with Crippen molar-refractivity contribution in [1.29, 1.82) is 0 Å². The maximum absolute atomic E-state index is 6.15. The average Bonchev–Trinajstić information content (AvgIpc) is 2.94. The zero-order valence-corrected chi connectivity index (χ0v) is 11.4. The highest BCUT2D eigenvalue weighted by Gasteiger charge is 2.19. The second-order valence-electron chi connectivity index (χ2n) is 4.35. The Kier molecular flexibility index (Phi) is 4.93. The molecule has 18 heavy (non-hydrogen) atoms. The Balaban J connectivity index is 2.02. The number of rotatable bonds is 6. The van der Waals surface area contributed by atoms with E-state index in [4.69, 9.17) is 10.5 Å². The van der Waals surface area contributed by atoms with Gasteiger partial charge in [-0.25, -0.2) is 0 Å². The smallest absolute Gasteiger partial charge is 0.0988 e. The third-order valence-corrected chi connectivity index (χ3v) is 3.71. The Morgan fingerprint density at radius 3 is 2.61 bits per heavy atom. The molecule has 2 atom stereocenters. The molecule has 0 aliphatic rings. The molecule has 96 valence electrons. The van der Waals surface area contributed by atoms with E-state index in [1.54, 1.807) is 11.3 Å². The molecule has 2 N–H and O–H groups in total. The molecule has 3 heteroatoms. The SMILES string of the molecule is CCC(N)C(OCc1ccccc1)c1ccsc1. The molecule has 0 spiro atoms. The van der Waals surface area contributed by atoms with Crippen LogP contribution >= 0.6 is 11.3 Å². The van der Waals surface area contributed by atoms with Crippen molar-refractivity contribution < 1.29 is 4.74 Å². The van der Waals surface area contributed by atoms with Crippen LogP contribution in [-0.4, -0.2) is 6.04 Å². The van der Waals surface area contributed by atoms with Crippen LogP contribution in [0.4, 0.5) is 0 Å². The van der Waals surface area contributed by atoms with Crippen LogP contribution in [0.3, 0.4) is 0 Å². The molecule has 1 aromatic heterocycles. The third kappa shape index (κ3) is 3.42. The summed E-state index contributed by atoms with van der Waals surface area (Å²) >= 11 is 1.68. The zero-order chi connectivity index (χ0) is 12.8. The van der Waals surface area contributed by atoms with Crippen molar-refractivity contribution in [2.24, 2.45) is 5.73 Å². The van der Waals surface area contributed by atoms with E-state index in [9.17, 15) is 0 Å². The molecule has 0 fully saturated rings. The summed E-state index contributed by atoms with van der Waals surface area (Å²) < 4.78 is 6.01. The Labute approximate surface area is 112 Å². The van der Waals surface area contributed by atoms with Gasteiger partial charge in [0.2, 0.25) is 0 Å². The van der Waals surface area contributed by atoms with Gasteiger partial charge in [-0.05, 0) is 34.4 Å². The van der Waals surface area contributed by atoms with Gasteiger partial charge in [-0.2, -0.15) is 11.3 Å². The first kappa shape index (κ1) is 13.3. The standard InChI is InChI=1S/C15H19NOS/c1-2-14(16)15(13-8-9-18-11-13)17-10-12-6-4-3-5-7-12/h3-9,11,14-15H,2,10,16H2,1H3. The van der Waals surface area contributed by atoms with Crippen molar-refractivity contribution in [2.75, 3.05) is 0 Å². The zero-order valence-electron chi connectivity index (χ0n) is 10.6. The Bertz CT molecular complexity index is 441. The van der Waals surface area contributed by atoms with Crippen molar-refractivity contribution in [3.8, 4) is 0 Å². The normalized spacial score (nSPS) is 14.3. The van der Waals surface area contributed by atoms with Crippen molar-refractivity contribution in [3.05, 3.63) is 58.3 Å². The Morgan fingerprint density at radius 2 is 2.00 bits per heavy atom. The van der Waals surface area contributed by atoms with Gasteiger partial charge in [-0.3, -0.25) is 0 Å². The molecule has 2 nitrogen and oxygen atoms in total. The van der Waals surface area contributed by atoms with Crippen molar-refractivity contribution in [1.82, 2.24) is 0 Å². The summed E-state index contributed by atoms with van der Waals surface area (Å²) in [7, 11) is 0. The topological polar surface area (TPSA) is 35.2 Å². The highest BCUT2D eigenvalue weighted by molar-refractivity contribution is 7.07. The molecule has 0 aliphatic heterocycles. The Hall–Kier alpha value is -1.16. The Morgan fingerprint density at radius 1 is 1.22 bits per heavy atom. The number of hydrogen-bond acceptors (Lipinski definition) is 3. The molecular formula is C15H19NOS. The van der Waals surface area contributed by atoms with Crippen LogP contribution in [0, 0.1) is 0 Å². The van der Waals surface area contributed by atoms with Crippen molar-refractivity contribution in [3.63, 3.8) is 0 Å². The maximum atomic E-state index is 6.15. The van der Waals surface area contributed by atoms with E-state index in [0.29, 0.717) is 6.61 Å². The van der Waals surface area contributed by atoms with E-state index < -0.39 is 0 Å². The van der Waals surface area contributed by atoms with Gasteiger partial charge in [0.1, 0.15) is 0 Å². The van der Waals surface area contributed by atoms with E-state index in [1.165, 1.54) is 11.1 Å². The van der Waals surface area contributed by atoms with Crippen LogP contribution in [0.2, 0.25) is 0 Å². The van der Waals surface area contributed by atoms with Crippen LogP contribution in [0.15, 0.2) is 47.2 Å². The highest BCUT2D eigenvalue weighted by Crippen LogP contribution is 2.25. The fraction of sp³-hybridized carbons (Fsp3) is 0.333. The molecule has 0 amide bonds. The average molecular weight is 261 g/mol. The van der Waals surface area contributed by atoms with Crippen LogP contribution in [0.1, 0.15) is 30.6 Å². The van der Waals surface area contributed by atoms with Gasteiger partial charge in [0.15, 0.2) is 0 Å². The summed E-state index contributed by atoms with van der Waals surface area (Å²) in [6, 6.07) is 12.3. The lowest BCUT2D eigenvalue weighted by Crippen LogP contribution is -2.29. The van der Waals surface area contributed by atoms with E-state index >= 15 is 0 Å². The van der Waals surface area contributed by atoms with Crippen LogP contribution in [0.5, 0.6) is 0 Å². The lowest BCUT2D eigenvalue weighted by Gasteiger charge is -2.22. The van der Waals surface area contributed by atoms with Gasteiger partial charge in [0.25, 0.3) is 0 Å². The van der Waals surface area contributed by atoms with Crippen molar-refractivity contribution in [2.45, 2.75) is 32.1 Å². The van der Waals surface area contributed by atoms with Crippen LogP contribution < -0.4 is 5.73 Å². The molecule has 0 saturated heterocycles. The van der Waals surface area contributed by atoms with Crippen LogP contribution in [0.25, 0.3) is 0 Å². The monoisotopic (exact) mass is 261 g/mol. The summed E-state index contributed by atoms with van der Waals surface area (Å²) in [6.45, 7) is 2.70. The van der Waals surface area contributed by atoms with E-state index in [1.807, 2.05) is 18.2 Å². The first-order valence-electron chi connectivity index (χ1n) is 6.24. The quantitative estimate of drug-likeness (QED) is 0.859. The number of ether oxygens (including phenoxy) is 1. The molecule has 0 radical (unpaired) electrons. The lowest BCUT2D eigenvalue weighted by molar-refractivity contribution is 0.0215. The predicted octanol–water partition coefficient (Wildman–Crippen LogP) is 3.74. The number of nitrogens with two attached hydrogens (primary N) is 1. The minimum absolute atomic E-state index is 0.0125. The van der Waals surface area contributed by atoms with Gasteiger partial charge in [-0.1, -0.05) is 37.3 Å². The second-order valence-corrected chi connectivity index (χ2v) is 5.13. The van der Waals surface area contributed by atoms with Crippen LogP contribution in [-0.2, 0) is 11.3 Å². The van der Waals surface area contributed by atoms with Gasteiger partial charge >= 0.3 is 0 Å². The summed E-state index contributed by atoms with van der Waals surface area (Å²) in [4.78, 5) is 0. The molecule has 1 aromatic carbocycles. The molecule has 0 bridgehead atoms. The summed E-state index contributed by atoms with van der Waals surface area (Å²) in [5.41, 5.74) is 8.52.